The molecule has 0 aliphatic heterocycles. The Hall–Kier alpha value is -0.730. The van der Waals surface area contributed by atoms with Crippen molar-refractivity contribution >= 4 is 6.09 Å². The van der Waals surface area contributed by atoms with Crippen LogP contribution in [0.15, 0.2) is 0 Å². The summed E-state index contributed by atoms with van der Waals surface area (Å²) in [6.45, 7) is 7.57. The van der Waals surface area contributed by atoms with Crippen molar-refractivity contribution in [2.24, 2.45) is 5.92 Å². The fourth-order valence-electron chi connectivity index (χ4n) is 0.903. The Morgan fingerprint density at radius 2 is 2.09 bits per heavy atom. The van der Waals surface area contributed by atoms with Gasteiger partial charge in [-0.2, -0.15) is 0 Å². The summed E-state index contributed by atoms with van der Waals surface area (Å²) in [6, 6.07) is 0. The van der Waals surface area contributed by atoms with E-state index in [0.717, 1.165) is 6.54 Å². The summed E-state index contributed by atoms with van der Waals surface area (Å²) >= 11 is 0. The number of amides is 1. The number of carbonyl (C=O) groups is 1. The van der Waals surface area contributed by atoms with E-state index in [4.69, 9.17) is 0 Å². The highest BCUT2D eigenvalue weighted by atomic mass is 16.5. The summed E-state index contributed by atoms with van der Waals surface area (Å²) in [5.41, 5.74) is 0. The zero-order chi connectivity index (χ0) is 8.85. The lowest BCUT2D eigenvalue weighted by atomic mass is 10.2. The second kappa shape index (κ2) is 4.99. The highest BCUT2D eigenvalue weighted by Gasteiger charge is 2.11. The number of carbonyl (C=O) groups excluding carboxylic acids is 1. The molecule has 3 nitrogen and oxygen atoms in total. The minimum atomic E-state index is -0.235. The Bertz CT molecular complexity index is 123. The summed E-state index contributed by atoms with van der Waals surface area (Å²) in [5.74, 6) is 0.494. The molecule has 0 spiro atoms. The first-order chi connectivity index (χ1) is 5.11. The van der Waals surface area contributed by atoms with Crippen LogP contribution in [0.5, 0.6) is 0 Å². The van der Waals surface area contributed by atoms with E-state index in [1.54, 1.807) is 4.90 Å². The van der Waals surface area contributed by atoms with E-state index >= 15 is 0 Å². The van der Waals surface area contributed by atoms with Gasteiger partial charge < -0.3 is 9.64 Å². The summed E-state index contributed by atoms with van der Waals surface area (Å²) in [5, 5.41) is 0. The molecule has 0 N–H and O–H groups in total. The third-order valence-electron chi connectivity index (χ3n) is 1.40. The lowest BCUT2D eigenvalue weighted by Gasteiger charge is -2.20. The molecule has 0 aliphatic carbocycles. The van der Waals surface area contributed by atoms with Gasteiger partial charge in [-0.3, -0.25) is 0 Å². The number of ether oxygens (including phenoxy) is 1. The van der Waals surface area contributed by atoms with Crippen molar-refractivity contribution < 1.29 is 9.53 Å². The van der Waals surface area contributed by atoms with Crippen molar-refractivity contribution in [1.82, 2.24) is 4.90 Å². The van der Waals surface area contributed by atoms with Crippen LogP contribution in [-0.2, 0) is 4.74 Å². The topological polar surface area (TPSA) is 29.5 Å². The molecule has 1 amide bonds. The molecule has 0 aromatic rings. The fraction of sp³-hybridized carbons (Fsp3) is 0.875. The second-order valence-electron chi connectivity index (χ2n) is 2.90. The van der Waals surface area contributed by atoms with Gasteiger partial charge >= 0.3 is 6.09 Å². The van der Waals surface area contributed by atoms with Crippen molar-refractivity contribution in [3.63, 3.8) is 0 Å². The summed E-state index contributed by atoms with van der Waals surface area (Å²) < 4.78 is 4.59. The SMILES string of the molecule is CCN(CC(C)C)C(=O)OC. The molecule has 11 heavy (non-hydrogen) atoms. The average Bonchev–Trinajstić information content (AvgIpc) is 1.98. The summed E-state index contributed by atoms with van der Waals surface area (Å²) in [4.78, 5) is 12.7. The highest BCUT2D eigenvalue weighted by molar-refractivity contribution is 5.67. The zero-order valence-electron chi connectivity index (χ0n) is 7.76. The number of methoxy groups -OCH3 is 1. The van der Waals surface area contributed by atoms with Crippen LogP contribution in [0.4, 0.5) is 4.79 Å². The van der Waals surface area contributed by atoms with E-state index in [0.29, 0.717) is 12.5 Å². The number of hydrogen-bond acceptors (Lipinski definition) is 2. The van der Waals surface area contributed by atoms with Crippen molar-refractivity contribution in [2.45, 2.75) is 20.8 Å². The summed E-state index contributed by atoms with van der Waals surface area (Å²) in [7, 11) is 1.41. The molecule has 0 saturated carbocycles. The third kappa shape index (κ3) is 3.86. The number of rotatable bonds is 3. The second-order valence-corrected chi connectivity index (χ2v) is 2.90. The van der Waals surface area contributed by atoms with Gasteiger partial charge in [0.05, 0.1) is 7.11 Å². The lowest BCUT2D eigenvalue weighted by Crippen LogP contribution is -2.33. The van der Waals surface area contributed by atoms with Crippen LogP contribution in [0.25, 0.3) is 0 Å². The fourth-order valence-corrected chi connectivity index (χ4v) is 0.903. The first-order valence-electron chi connectivity index (χ1n) is 3.94. The molecule has 0 aliphatic rings. The molecule has 0 radical (unpaired) electrons. The zero-order valence-corrected chi connectivity index (χ0v) is 7.76. The van der Waals surface area contributed by atoms with Gasteiger partial charge in [0, 0.05) is 13.1 Å². The van der Waals surface area contributed by atoms with Gasteiger partial charge in [0.2, 0.25) is 0 Å². The predicted octanol–water partition coefficient (Wildman–Crippen LogP) is 1.73. The van der Waals surface area contributed by atoms with Gasteiger partial charge in [-0.1, -0.05) is 13.8 Å². The normalized spacial score (nSPS) is 9.91. The first-order valence-corrected chi connectivity index (χ1v) is 3.94. The van der Waals surface area contributed by atoms with Crippen LogP contribution < -0.4 is 0 Å². The average molecular weight is 159 g/mol. The molecule has 66 valence electrons. The van der Waals surface area contributed by atoms with Crippen LogP contribution in [0.1, 0.15) is 20.8 Å². The maximum atomic E-state index is 11.0. The largest absolute Gasteiger partial charge is 0.453 e. The Kier molecular flexibility index (Phi) is 4.66. The van der Waals surface area contributed by atoms with Crippen LogP contribution in [-0.4, -0.2) is 31.2 Å². The van der Waals surface area contributed by atoms with E-state index in [-0.39, 0.29) is 6.09 Å². The molecule has 0 aromatic carbocycles. The number of hydrogen-bond donors (Lipinski definition) is 0. The molecular weight excluding hydrogens is 142 g/mol. The van der Waals surface area contributed by atoms with Crippen LogP contribution in [0.2, 0.25) is 0 Å². The maximum Gasteiger partial charge on any atom is 0.409 e. The van der Waals surface area contributed by atoms with E-state index in [2.05, 4.69) is 18.6 Å². The Morgan fingerprint density at radius 3 is 2.36 bits per heavy atom. The highest BCUT2D eigenvalue weighted by Crippen LogP contribution is 1.99. The van der Waals surface area contributed by atoms with E-state index < -0.39 is 0 Å². The maximum absolute atomic E-state index is 11.0. The van der Waals surface area contributed by atoms with Crippen molar-refractivity contribution in [3.05, 3.63) is 0 Å². The van der Waals surface area contributed by atoms with Gasteiger partial charge in [-0.15, -0.1) is 0 Å². The lowest BCUT2D eigenvalue weighted by molar-refractivity contribution is 0.121. The van der Waals surface area contributed by atoms with Gasteiger partial charge in [0.25, 0.3) is 0 Å². The van der Waals surface area contributed by atoms with Crippen LogP contribution >= 0.6 is 0 Å². The monoisotopic (exact) mass is 159 g/mol. The van der Waals surface area contributed by atoms with Gasteiger partial charge in [-0.25, -0.2) is 4.79 Å². The summed E-state index contributed by atoms with van der Waals surface area (Å²) in [6.07, 6.45) is -0.235. The van der Waals surface area contributed by atoms with E-state index in [1.165, 1.54) is 7.11 Å². The number of nitrogens with zero attached hydrogens (tertiary/aromatic N) is 1. The quantitative estimate of drug-likeness (QED) is 0.627. The van der Waals surface area contributed by atoms with E-state index in [1.807, 2.05) is 6.92 Å². The molecule has 3 heteroatoms. The minimum Gasteiger partial charge on any atom is -0.453 e. The molecule has 0 rings (SSSR count). The molecule has 0 fully saturated rings. The molecule has 0 aromatic heterocycles. The van der Waals surface area contributed by atoms with Crippen molar-refractivity contribution in [2.75, 3.05) is 20.2 Å². The van der Waals surface area contributed by atoms with Gasteiger partial charge in [-0.05, 0) is 12.8 Å². The van der Waals surface area contributed by atoms with Crippen molar-refractivity contribution in [3.8, 4) is 0 Å². The predicted molar refractivity (Wildman–Crippen MR) is 44.5 cm³/mol. The third-order valence-corrected chi connectivity index (χ3v) is 1.40. The van der Waals surface area contributed by atoms with Crippen LogP contribution in [0.3, 0.4) is 0 Å². The van der Waals surface area contributed by atoms with Crippen molar-refractivity contribution in [1.29, 1.82) is 0 Å². The van der Waals surface area contributed by atoms with Crippen LogP contribution in [0, 0.1) is 5.92 Å². The smallest absolute Gasteiger partial charge is 0.409 e. The molecule has 0 saturated heterocycles. The molecule has 0 bridgehead atoms. The Balaban J connectivity index is 3.84. The Labute approximate surface area is 68.3 Å². The first kappa shape index (κ1) is 10.3. The standard InChI is InChI=1S/C8H17NO2/c1-5-9(6-7(2)3)8(10)11-4/h7H,5-6H2,1-4H3. The molecule has 0 atom stereocenters. The molecule has 0 unspecified atom stereocenters. The van der Waals surface area contributed by atoms with E-state index in [9.17, 15) is 4.79 Å². The Morgan fingerprint density at radius 1 is 1.55 bits per heavy atom. The van der Waals surface area contributed by atoms with Gasteiger partial charge in [0.15, 0.2) is 0 Å². The molecule has 0 heterocycles. The minimum absolute atomic E-state index is 0.235. The molecular formula is C8H17NO2. The van der Waals surface area contributed by atoms with Gasteiger partial charge in [0.1, 0.15) is 0 Å².